The van der Waals surface area contributed by atoms with Gasteiger partial charge in [-0.05, 0) is 81.8 Å². The highest BCUT2D eigenvalue weighted by atomic mass is 79.9. The predicted octanol–water partition coefficient (Wildman–Crippen LogP) is 4.61. The number of aryl methyl sites for hydroxylation is 1. The fourth-order valence-corrected chi connectivity index (χ4v) is 3.76. The summed E-state index contributed by atoms with van der Waals surface area (Å²) in [6.45, 7) is 4.85. The van der Waals surface area contributed by atoms with Crippen LogP contribution in [0.4, 0.5) is 5.69 Å². The predicted molar refractivity (Wildman–Crippen MR) is 91.9 cm³/mol. The molecule has 0 aliphatic carbocycles. The summed E-state index contributed by atoms with van der Waals surface area (Å²) in [4.78, 5) is 12.0. The van der Waals surface area contributed by atoms with Gasteiger partial charge in [-0.15, -0.1) is 0 Å². The van der Waals surface area contributed by atoms with Crippen molar-refractivity contribution in [1.82, 2.24) is 0 Å². The molecule has 0 spiro atoms. The fourth-order valence-electron chi connectivity index (χ4n) is 2.14. The topological polar surface area (TPSA) is 55.1 Å². The maximum atomic E-state index is 12.0. The Kier molecular flexibility index (Phi) is 7.77. The minimum absolute atomic E-state index is 0.0470. The molecule has 1 aromatic carbocycles. The number of carbonyl (C=O) groups excluding carboxylic acids is 1. The average molecular weight is 406 g/mol. The largest absolute Gasteiger partial charge is 0.330 e. The van der Waals surface area contributed by atoms with E-state index in [-0.39, 0.29) is 5.91 Å². The van der Waals surface area contributed by atoms with Gasteiger partial charge in [0.25, 0.3) is 0 Å². The van der Waals surface area contributed by atoms with Gasteiger partial charge >= 0.3 is 0 Å². The Balaban J connectivity index is 2.59. The Hall–Kier alpha value is -0.390. The van der Waals surface area contributed by atoms with E-state index >= 15 is 0 Å². The summed E-state index contributed by atoms with van der Waals surface area (Å²) in [6, 6.07) is 3.98. The molecule has 5 heteroatoms. The first-order chi connectivity index (χ1) is 9.47. The van der Waals surface area contributed by atoms with Gasteiger partial charge in [0, 0.05) is 15.4 Å². The second-order valence-corrected chi connectivity index (χ2v) is 6.75. The van der Waals surface area contributed by atoms with Gasteiger partial charge in [0.2, 0.25) is 5.91 Å². The van der Waals surface area contributed by atoms with Crippen molar-refractivity contribution >= 4 is 43.5 Å². The third-order valence-electron chi connectivity index (χ3n) is 3.38. The summed E-state index contributed by atoms with van der Waals surface area (Å²) < 4.78 is 1.79. The monoisotopic (exact) mass is 404 g/mol. The summed E-state index contributed by atoms with van der Waals surface area (Å²) in [6.07, 6.45) is 3.48. The van der Waals surface area contributed by atoms with E-state index in [1.54, 1.807) is 0 Å². The lowest BCUT2D eigenvalue weighted by molar-refractivity contribution is -0.116. The molecule has 1 unspecified atom stereocenters. The number of halogens is 2. The molecular formula is C15H22Br2N2O. The zero-order valence-electron chi connectivity index (χ0n) is 12.0. The standard InChI is InChI=1S/C15H22Br2N2O/c1-3-11(6-7-18)4-5-14(20)19-15-12(16)8-10(2)9-13(15)17/h8-9,11H,3-7,18H2,1-2H3,(H,19,20). The van der Waals surface area contributed by atoms with Gasteiger partial charge < -0.3 is 11.1 Å². The summed E-state index contributed by atoms with van der Waals surface area (Å²) in [7, 11) is 0. The highest BCUT2D eigenvalue weighted by Crippen LogP contribution is 2.32. The first kappa shape index (κ1) is 17.7. The summed E-state index contributed by atoms with van der Waals surface area (Å²) in [5.74, 6) is 0.585. The molecule has 20 heavy (non-hydrogen) atoms. The lowest BCUT2D eigenvalue weighted by Gasteiger charge is -2.14. The quantitative estimate of drug-likeness (QED) is 0.695. The Bertz CT molecular complexity index is 440. The molecule has 0 aliphatic rings. The van der Waals surface area contributed by atoms with Crippen LogP contribution >= 0.6 is 31.9 Å². The number of hydrogen-bond donors (Lipinski definition) is 2. The lowest BCUT2D eigenvalue weighted by atomic mass is 9.96. The Morgan fingerprint density at radius 2 is 1.90 bits per heavy atom. The van der Waals surface area contributed by atoms with Crippen molar-refractivity contribution in [1.29, 1.82) is 0 Å². The van der Waals surface area contributed by atoms with Crippen LogP contribution in [0.1, 0.15) is 38.2 Å². The first-order valence-corrected chi connectivity index (χ1v) is 8.52. The number of benzene rings is 1. The van der Waals surface area contributed by atoms with Gasteiger partial charge in [-0.25, -0.2) is 0 Å². The minimum Gasteiger partial charge on any atom is -0.330 e. The number of anilines is 1. The molecule has 1 atom stereocenters. The van der Waals surface area contributed by atoms with Crippen LogP contribution in [0.3, 0.4) is 0 Å². The van der Waals surface area contributed by atoms with Crippen molar-refractivity contribution in [2.24, 2.45) is 11.7 Å². The SMILES string of the molecule is CCC(CCN)CCC(=O)Nc1c(Br)cc(C)cc1Br. The second kappa shape index (κ2) is 8.80. The number of amides is 1. The van der Waals surface area contributed by atoms with Gasteiger partial charge in [0.05, 0.1) is 5.69 Å². The molecule has 0 bridgehead atoms. The van der Waals surface area contributed by atoms with Crippen LogP contribution in [-0.2, 0) is 4.79 Å². The van der Waals surface area contributed by atoms with E-state index in [1.807, 2.05) is 19.1 Å². The number of carbonyl (C=O) groups is 1. The van der Waals surface area contributed by atoms with E-state index in [1.165, 1.54) is 0 Å². The summed E-state index contributed by atoms with van der Waals surface area (Å²) in [5, 5.41) is 2.96. The third-order valence-corrected chi connectivity index (χ3v) is 4.63. The van der Waals surface area contributed by atoms with Crippen molar-refractivity contribution in [2.75, 3.05) is 11.9 Å². The van der Waals surface area contributed by atoms with Crippen LogP contribution in [0.15, 0.2) is 21.1 Å². The fraction of sp³-hybridized carbons (Fsp3) is 0.533. The maximum Gasteiger partial charge on any atom is 0.224 e. The van der Waals surface area contributed by atoms with Crippen LogP contribution in [0, 0.1) is 12.8 Å². The lowest BCUT2D eigenvalue weighted by Crippen LogP contribution is -2.15. The van der Waals surface area contributed by atoms with Crippen LogP contribution < -0.4 is 11.1 Å². The molecule has 0 fully saturated rings. The molecule has 0 aliphatic heterocycles. The molecule has 3 N–H and O–H groups in total. The number of nitrogens with two attached hydrogens (primary N) is 1. The van der Waals surface area contributed by atoms with Crippen molar-refractivity contribution in [2.45, 2.75) is 39.5 Å². The molecule has 3 nitrogen and oxygen atoms in total. The van der Waals surface area contributed by atoms with Crippen molar-refractivity contribution in [3.8, 4) is 0 Å². The number of hydrogen-bond acceptors (Lipinski definition) is 2. The second-order valence-electron chi connectivity index (χ2n) is 5.04. The molecule has 0 saturated carbocycles. The average Bonchev–Trinajstić information content (AvgIpc) is 2.38. The molecule has 1 rings (SSSR count). The zero-order valence-corrected chi connectivity index (χ0v) is 15.2. The smallest absolute Gasteiger partial charge is 0.224 e. The molecule has 1 amide bonds. The molecule has 1 aromatic rings. The van der Waals surface area contributed by atoms with Crippen LogP contribution in [0.5, 0.6) is 0 Å². The molecular weight excluding hydrogens is 384 g/mol. The van der Waals surface area contributed by atoms with E-state index in [4.69, 9.17) is 5.73 Å². The van der Waals surface area contributed by atoms with E-state index in [9.17, 15) is 4.79 Å². The third kappa shape index (κ3) is 5.54. The molecule has 0 radical (unpaired) electrons. The zero-order chi connectivity index (χ0) is 15.1. The Morgan fingerprint density at radius 3 is 2.40 bits per heavy atom. The normalized spacial score (nSPS) is 12.2. The highest BCUT2D eigenvalue weighted by molar-refractivity contribution is 9.11. The maximum absolute atomic E-state index is 12.0. The van der Waals surface area contributed by atoms with E-state index in [0.717, 1.165) is 39.5 Å². The van der Waals surface area contributed by atoms with E-state index < -0.39 is 0 Å². The Labute approximate surface area is 138 Å². The summed E-state index contributed by atoms with van der Waals surface area (Å²) >= 11 is 6.97. The minimum atomic E-state index is 0.0470. The molecule has 0 aromatic heterocycles. The van der Waals surface area contributed by atoms with Crippen molar-refractivity contribution in [3.05, 3.63) is 26.6 Å². The molecule has 0 saturated heterocycles. The highest BCUT2D eigenvalue weighted by Gasteiger charge is 2.12. The van der Waals surface area contributed by atoms with E-state index in [0.29, 0.717) is 18.9 Å². The molecule has 0 heterocycles. The van der Waals surface area contributed by atoms with Crippen LogP contribution in [0.25, 0.3) is 0 Å². The van der Waals surface area contributed by atoms with Gasteiger partial charge in [0.1, 0.15) is 0 Å². The first-order valence-electron chi connectivity index (χ1n) is 6.93. The van der Waals surface area contributed by atoms with Gasteiger partial charge in [-0.3, -0.25) is 4.79 Å². The number of rotatable bonds is 7. The van der Waals surface area contributed by atoms with Crippen molar-refractivity contribution in [3.63, 3.8) is 0 Å². The van der Waals surface area contributed by atoms with Gasteiger partial charge in [-0.1, -0.05) is 13.3 Å². The van der Waals surface area contributed by atoms with E-state index in [2.05, 4.69) is 44.1 Å². The van der Waals surface area contributed by atoms with Crippen LogP contribution in [-0.4, -0.2) is 12.5 Å². The Morgan fingerprint density at radius 1 is 1.30 bits per heavy atom. The van der Waals surface area contributed by atoms with Gasteiger partial charge in [0.15, 0.2) is 0 Å². The van der Waals surface area contributed by atoms with Crippen molar-refractivity contribution < 1.29 is 4.79 Å². The number of nitrogens with one attached hydrogen (secondary N) is 1. The van der Waals surface area contributed by atoms with Crippen LogP contribution in [0.2, 0.25) is 0 Å². The van der Waals surface area contributed by atoms with Gasteiger partial charge in [-0.2, -0.15) is 0 Å². The molecule has 112 valence electrons. The summed E-state index contributed by atoms with van der Waals surface area (Å²) in [5.41, 5.74) is 7.51.